The number of fused-ring (bicyclic) bond motifs is 1. The number of hydrogen-bond acceptors (Lipinski definition) is 3. The Bertz CT molecular complexity index is 387. The average molecular weight is 194 g/mol. The van der Waals surface area contributed by atoms with Gasteiger partial charge in [0, 0.05) is 17.8 Å². The Morgan fingerprint density at radius 2 is 2.62 bits per heavy atom. The van der Waals surface area contributed by atoms with Gasteiger partial charge in [0.2, 0.25) is 0 Å². The zero-order valence-corrected chi connectivity index (χ0v) is 7.96. The highest BCUT2D eigenvalue weighted by Gasteiger charge is 2.22. The van der Waals surface area contributed by atoms with Gasteiger partial charge in [-0.15, -0.1) is 11.3 Å². The molecular weight excluding hydrogens is 184 g/mol. The van der Waals surface area contributed by atoms with Crippen molar-refractivity contribution in [3.05, 3.63) is 23.5 Å². The largest absolute Gasteiger partial charge is 0.373 e. The molecule has 1 unspecified atom stereocenters. The second-order valence-electron chi connectivity index (χ2n) is 3.32. The highest BCUT2D eigenvalue weighted by atomic mass is 32.1. The third-order valence-corrected chi connectivity index (χ3v) is 3.04. The standard InChI is InChI=1S/C9H10N2OS/c1(2-8-6-12-8)7-5-11-3-4-13-9(11)10-7/h3-5,8H,1-2,6H2. The Hall–Kier alpha value is -0.870. The maximum absolute atomic E-state index is 5.15. The van der Waals surface area contributed by atoms with E-state index in [1.54, 1.807) is 11.3 Å². The predicted molar refractivity (Wildman–Crippen MR) is 51.1 cm³/mol. The number of rotatable bonds is 3. The molecule has 68 valence electrons. The Labute approximate surface area is 80.0 Å². The third-order valence-electron chi connectivity index (χ3n) is 2.27. The lowest BCUT2D eigenvalue weighted by molar-refractivity contribution is 0.396. The van der Waals surface area contributed by atoms with Gasteiger partial charge in [-0.05, 0) is 12.8 Å². The molecule has 0 spiro atoms. The van der Waals surface area contributed by atoms with Crippen LogP contribution in [0.3, 0.4) is 0 Å². The SMILES string of the molecule is c1cn2cc(CCC3CO3)nc2s1. The van der Waals surface area contributed by atoms with E-state index in [1.165, 1.54) is 5.69 Å². The fourth-order valence-corrected chi connectivity index (χ4v) is 2.16. The van der Waals surface area contributed by atoms with E-state index in [0.717, 1.165) is 24.4 Å². The Morgan fingerprint density at radius 3 is 3.38 bits per heavy atom. The fourth-order valence-electron chi connectivity index (χ4n) is 1.44. The van der Waals surface area contributed by atoms with E-state index in [-0.39, 0.29) is 0 Å². The minimum absolute atomic E-state index is 0.514. The van der Waals surface area contributed by atoms with E-state index in [2.05, 4.69) is 21.0 Å². The first-order valence-electron chi connectivity index (χ1n) is 4.44. The van der Waals surface area contributed by atoms with Crippen LogP contribution in [0.5, 0.6) is 0 Å². The molecular formula is C9H10N2OS. The van der Waals surface area contributed by atoms with Gasteiger partial charge in [-0.2, -0.15) is 0 Å². The molecule has 3 heterocycles. The normalized spacial score (nSPS) is 21.1. The summed E-state index contributed by atoms with van der Waals surface area (Å²) in [5.74, 6) is 0. The van der Waals surface area contributed by atoms with E-state index in [0.29, 0.717) is 6.10 Å². The lowest BCUT2D eigenvalue weighted by Gasteiger charge is -1.90. The van der Waals surface area contributed by atoms with Crippen LogP contribution in [0.1, 0.15) is 12.1 Å². The molecule has 2 aromatic heterocycles. The molecule has 0 aliphatic carbocycles. The molecule has 0 bridgehead atoms. The zero-order valence-electron chi connectivity index (χ0n) is 7.14. The van der Waals surface area contributed by atoms with E-state index in [9.17, 15) is 0 Å². The quantitative estimate of drug-likeness (QED) is 0.696. The zero-order chi connectivity index (χ0) is 8.67. The van der Waals surface area contributed by atoms with Crippen LogP contribution in [-0.4, -0.2) is 22.1 Å². The summed E-state index contributed by atoms with van der Waals surface area (Å²) in [5.41, 5.74) is 1.18. The molecule has 0 N–H and O–H groups in total. The molecule has 1 aliphatic rings. The summed E-state index contributed by atoms with van der Waals surface area (Å²) >= 11 is 1.68. The molecule has 3 rings (SSSR count). The van der Waals surface area contributed by atoms with Crippen molar-refractivity contribution in [3.8, 4) is 0 Å². The maximum Gasteiger partial charge on any atom is 0.193 e. The predicted octanol–water partition coefficient (Wildman–Crippen LogP) is 1.73. The van der Waals surface area contributed by atoms with Gasteiger partial charge in [0.05, 0.1) is 18.4 Å². The third kappa shape index (κ3) is 1.47. The second-order valence-corrected chi connectivity index (χ2v) is 4.19. The molecule has 1 saturated heterocycles. The molecule has 3 nitrogen and oxygen atoms in total. The van der Waals surface area contributed by atoms with Crippen molar-refractivity contribution in [1.29, 1.82) is 0 Å². The van der Waals surface area contributed by atoms with Crippen LogP contribution >= 0.6 is 11.3 Å². The minimum Gasteiger partial charge on any atom is -0.373 e. The van der Waals surface area contributed by atoms with Crippen molar-refractivity contribution in [2.24, 2.45) is 0 Å². The van der Waals surface area contributed by atoms with E-state index < -0.39 is 0 Å². The first kappa shape index (κ1) is 7.53. The van der Waals surface area contributed by atoms with E-state index in [4.69, 9.17) is 4.74 Å². The van der Waals surface area contributed by atoms with Crippen LogP contribution in [0.15, 0.2) is 17.8 Å². The van der Waals surface area contributed by atoms with Gasteiger partial charge in [-0.25, -0.2) is 4.98 Å². The second kappa shape index (κ2) is 2.82. The molecule has 1 atom stereocenters. The molecule has 4 heteroatoms. The Morgan fingerprint density at radius 1 is 1.69 bits per heavy atom. The molecule has 2 aromatic rings. The first-order chi connectivity index (χ1) is 6.42. The molecule has 0 saturated carbocycles. The van der Waals surface area contributed by atoms with Gasteiger partial charge in [-0.1, -0.05) is 0 Å². The average Bonchev–Trinajstić information content (AvgIpc) is 2.71. The van der Waals surface area contributed by atoms with Crippen LogP contribution in [0.25, 0.3) is 4.96 Å². The van der Waals surface area contributed by atoms with E-state index >= 15 is 0 Å². The van der Waals surface area contributed by atoms with Crippen molar-refractivity contribution in [2.45, 2.75) is 18.9 Å². The first-order valence-corrected chi connectivity index (χ1v) is 5.32. The van der Waals surface area contributed by atoms with Gasteiger partial charge in [0.25, 0.3) is 0 Å². The number of imidazole rings is 1. The number of ether oxygens (including phenoxy) is 1. The van der Waals surface area contributed by atoms with Crippen LogP contribution in [0.2, 0.25) is 0 Å². The van der Waals surface area contributed by atoms with E-state index in [1.807, 2.05) is 6.20 Å². The number of hydrogen-bond donors (Lipinski definition) is 0. The number of thiazole rings is 1. The highest BCUT2D eigenvalue weighted by molar-refractivity contribution is 7.15. The summed E-state index contributed by atoms with van der Waals surface area (Å²) in [4.78, 5) is 5.59. The topological polar surface area (TPSA) is 29.8 Å². The summed E-state index contributed by atoms with van der Waals surface area (Å²) in [6.45, 7) is 0.947. The van der Waals surface area contributed by atoms with Gasteiger partial charge in [0.15, 0.2) is 4.96 Å². The minimum atomic E-state index is 0.514. The maximum atomic E-state index is 5.15. The van der Waals surface area contributed by atoms with Gasteiger partial charge in [0.1, 0.15) is 0 Å². The number of aromatic nitrogens is 2. The van der Waals surface area contributed by atoms with Crippen molar-refractivity contribution in [1.82, 2.24) is 9.38 Å². The summed E-state index contributed by atoms with van der Waals surface area (Å²) in [7, 11) is 0. The van der Waals surface area contributed by atoms with Crippen molar-refractivity contribution in [2.75, 3.05) is 6.61 Å². The van der Waals surface area contributed by atoms with Gasteiger partial charge >= 0.3 is 0 Å². The number of nitrogens with zero attached hydrogens (tertiary/aromatic N) is 2. The van der Waals surface area contributed by atoms with Crippen LogP contribution < -0.4 is 0 Å². The molecule has 0 amide bonds. The van der Waals surface area contributed by atoms with Crippen LogP contribution in [0, 0.1) is 0 Å². The summed E-state index contributed by atoms with van der Waals surface area (Å²) in [6.07, 6.45) is 6.82. The molecule has 0 radical (unpaired) electrons. The van der Waals surface area contributed by atoms with Gasteiger partial charge < -0.3 is 4.74 Å². The van der Waals surface area contributed by atoms with Crippen LogP contribution in [-0.2, 0) is 11.2 Å². The lowest BCUT2D eigenvalue weighted by Crippen LogP contribution is -1.90. The Kier molecular flexibility index (Phi) is 1.63. The van der Waals surface area contributed by atoms with Crippen LogP contribution in [0.4, 0.5) is 0 Å². The number of epoxide rings is 1. The Balaban J connectivity index is 1.77. The monoisotopic (exact) mass is 194 g/mol. The summed E-state index contributed by atoms with van der Waals surface area (Å²) in [6, 6.07) is 0. The molecule has 0 aromatic carbocycles. The molecule has 1 fully saturated rings. The highest BCUT2D eigenvalue weighted by Crippen LogP contribution is 2.18. The fraction of sp³-hybridized carbons (Fsp3) is 0.444. The molecule has 1 aliphatic heterocycles. The molecule has 13 heavy (non-hydrogen) atoms. The smallest absolute Gasteiger partial charge is 0.193 e. The lowest BCUT2D eigenvalue weighted by atomic mass is 10.2. The number of aryl methyl sites for hydroxylation is 1. The van der Waals surface area contributed by atoms with Crippen molar-refractivity contribution >= 4 is 16.3 Å². The van der Waals surface area contributed by atoms with Gasteiger partial charge in [-0.3, -0.25) is 4.40 Å². The van der Waals surface area contributed by atoms with Crippen molar-refractivity contribution in [3.63, 3.8) is 0 Å². The summed E-state index contributed by atoms with van der Waals surface area (Å²) < 4.78 is 7.23. The summed E-state index contributed by atoms with van der Waals surface area (Å²) in [5, 5.41) is 2.05. The van der Waals surface area contributed by atoms with Crippen molar-refractivity contribution < 1.29 is 4.74 Å².